The van der Waals surface area contributed by atoms with Crippen LogP contribution in [0.4, 0.5) is 0 Å². The number of Topliss-reactive ketones (excluding diaryl/α,β-unsaturated/α-hetero) is 1. The van der Waals surface area contributed by atoms with Crippen molar-refractivity contribution in [1.82, 2.24) is 0 Å². The fourth-order valence-electron chi connectivity index (χ4n) is 8.05. The summed E-state index contributed by atoms with van der Waals surface area (Å²) in [5.74, 6) is 4.67. The number of carbonyl (C=O) groups is 1. The molecule has 8 unspecified atom stereocenters. The summed E-state index contributed by atoms with van der Waals surface area (Å²) < 4.78 is 5.58. The molecule has 3 heteroatoms. The second-order valence-electron chi connectivity index (χ2n) is 10.3. The molecule has 0 aliphatic heterocycles. The Labute approximate surface area is 159 Å². The molecule has 0 radical (unpaired) electrons. The van der Waals surface area contributed by atoms with Gasteiger partial charge in [0, 0.05) is 12.5 Å². The van der Waals surface area contributed by atoms with Crippen molar-refractivity contribution in [2.45, 2.75) is 84.2 Å². The molecule has 0 saturated heterocycles. The second-order valence-corrected chi connectivity index (χ2v) is 10.3. The van der Waals surface area contributed by atoms with Crippen LogP contribution in [-0.4, -0.2) is 29.7 Å². The van der Waals surface area contributed by atoms with E-state index >= 15 is 0 Å². The van der Waals surface area contributed by atoms with Crippen molar-refractivity contribution in [1.29, 1.82) is 0 Å². The number of aliphatic hydroxyl groups is 1. The summed E-state index contributed by atoms with van der Waals surface area (Å²) in [6.45, 7) is 7.47. The maximum absolute atomic E-state index is 12.2. The lowest BCUT2D eigenvalue weighted by molar-refractivity contribution is -0.136. The van der Waals surface area contributed by atoms with E-state index in [2.05, 4.69) is 6.92 Å². The maximum atomic E-state index is 12.2. The van der Waals surface area contributed by atoms with Crippen molar-refractivity contribution in [2.75, 3.05) is 13.2 Å². The summed E-state index contributed by atoms with van der Waals surface area (Å²) in [4.78, 5) is 12.2. The van der Waals surface area contributed by atoms with E-state index in [1.807, 2.05) is 13.8 Å². The molecule has 4 rings (SSSR count). The number of hydrogen-bond donors (Lipinski definition) is 1. The van der Waals surface area contributed by atoms with E-state index in [4.69, 9.17) is 4.74 Å². The topological polar surface area (TPSA) is 46.5 Å². The number of ketones is 1. The number of carbonyl (C=O) groups excluding carboxylic acids is 1. The van der Waals surface area contributed by atoms with Gasteiger partial charge in [-0.3, -0.25) is 4.79 Å². The van der Waals surface area contributed by atoms with Crippen LogP contribution in [0.2, 0.25) is 0 Å². The predicted octanol–water partition coefficient (Wildman–Crippen LogP) is 4.61. The Morgan fingerprint density at radius 3 is 2.54 bits per heavy atom. The molecule has 4 aliphatic rings. The van der Waals surface area contributed by atoms with Gasteiger partial charge in [0.15, 0.2) is 0 Å². The quantitative estimate of drug-likeness (QED) is 0.794. The monoisotopic (exact) mass is 362 g/mol. The zero-order valence-electron chi connectivity index (χ0n) is 17.0. The van der Waals surface area contributed by atoms with Crippen molar-refractivity contribution >= 4 is 5.78 Å². The Balaban J connectivity index is 1.47. The summed E-state index contributed by atoms with van der Waals surface area (Å²) in [5.41, 5.74) is -0.315. The normalized spacial score (nSPS) is 50.6. The van der Waals surface area contributed by atoms with Gasteiger partial charge in [-0.1, -0.05) is 6.92 Å². The van der Waals surface area contributed by atoms with E-state index in [1.54, 1.807) is 0 Å². The van der Waals surface area contributed by atoms with Crippen molar-refractivity contribution in [3.63, 3.8) is 0 Å². The predicted molar refractivity (Wildman–Crippen MR) is 103 cm³/mol. The molecule has 148 valence electrons. The van der Waals surface area contributed by atoms with E-state index in [0.29, 0.717) is 30.8 Å². The highest BCUT2D eigenvalue weighted by molar-refractivity contribution is 5.79. The Morgan fingerprint density at radius 2 is 1.81 bits per heavy atom. The number of rotatable bonds is 4. The van der Waals surface area contributed by atoms with Gasteiger partial charge < -0.3 is 9.84 Å². The molecule has 26 heavy (non-hydrogen) atoms. The lowest BCUT2D eigenvalue weighted by Gasteiger charge is -2.57. The van der Waals surface area contributed by atoms with Gasteiger partial charge in [0.2, 0.25) is 0 Å². The lowest BCUT2D eigenvalue weighted by Crippen LogP contribution is -2.52. The Hall–Kier alpha value is -0.410. The molecule has 8 atom stereocenters. The van der Waals surface area contributed by atoms with Gasteiger partial charge in [0.25, 0.3) is 0 Å². The van der Waals surface area contributed by atoms with E-state index in [-0.39, 0.29) is 5.41 Å². The summed E-state index contributed by atoms with van der Waals surface area (Å²) >= 11 is 0. The summed E-state index contributed by atoms with van der Waals surface area (Å²) in [7, 11) is 0. The minimum atomic E-state index is -0.583. The molecule has 0 aromatic rings. The Bertz CT molecular complexity index is 546. The van der Waals surface area contributed by atoms with Crippen LogP contribution in [0, 0.1) is 40.9 Å². The highest BCUT2D eigenvalue weighted by Crippen LogP contribution is 2.64. The second kappa shape index (κ2) is 6.88. The van der Waals surface area contributed by atoms with Crippen molar-refractivity contribution in [3.8, 4) is 0 Å². The fourth-order valence-corrected chi connectivity index (χ4v) is 8.05. The van der Waals surface area contributed by atoms with Gasteiger partial charge in [-0.2, -0.15) is 0 Å². The molecule has 0 aromatic heterocycles. The maximum Gasteiger partial charge on any atom is 0.133 e. The first-order chi connectivity index (χ1) is 12.4. The van der Waals surface area contributed by atoms with Crippen LogP contribution in [0.5, 0.6) is 0 Å². The van der Waals surface area contributed by atoms with Crippen molar-refractivity contribution in [2.24, 2.45) is 40.9 Å². The zero-order valence-corrected chi connectivity index (χ0v) is 17.0. The molecule has 0 spiro atoms. The molecule has 0 amide bonds. The Morgan fingerprint density at radius 1 is 1.04 bits per heavy atom. The van der Waals surface area contributed by atoms with Gasteiger partial charge >= 0.3 is 0 Å². The molecule has 1 N–H and O–H groups in total. The van der Waals surface area contributed by atoms with Crippen LogP contribution in [0.15, 0.2) is 0 Å². The first-order valence-corrected chi connectivity index (χ1v) is 11.2. The molecule has 0 aromatic carbocycles. The smallest absolute Gasteiger partial charge is 0.133 e. The van der Waals surface area contributed by atoms with Gasteiger partial charge in [0.05, 0.1) is 12.2 Å². The van der Waals surface area contributed by atoms with Crippen molar-refractivity contribution < 1.29 is 14.6 Å². The van der Waals surface area contributed by atoms with Crippen LogP contribution in [0.25, 0.3) is 0 Å². The minimum Gasteiger partial charge on any atom is -0.387 e. The SMILES string of the molecule is CCOCC1(O)CCC2C(CCC3C2CCC2(C)C(C(C)=O)CCC32)C1. The highest BCUT2D eigenvalue weighted by Gasteiger charge is 2.58. The van der Waals surface area contributed by atoms with Gasteiger partial charge in [-0.15, -0.1) is 0 Å². The van der Waals surface area contributed by atoms with Crippen LogP contribution in [0.1, 0.15) is 78.6 Å². The largest absolute Gasteiger partial charge is 0.387 e. The average Bonchev–Trinajstić information content (AvgIpc) is 2.97. The van der Waals surface area contributed by atoms with Crippen LogP contribution >= 0.6 is 0 Å². The molecule has 4 saturated carbocycles. The lowest BCUT2D eigenvalue weighted by atomic mass is 9.49. The summed E-state index contributed by atoms with van der Waals surface area (Å²) in [6.07, 6.45) is 10.6. The first-order valence-electron chi connectivity index (χ1n) is 11.2. The third kappa shape index (κ3) is 2.98. The number of fused-ring (bicyclic) bond motifs is 5. The molecular formula is C23H38O3. The number of ether oxygens (including phenoxy) is 1. The van der Waals surface area contributed by atoms with Crippen LogP contribution in [-0.2, 0) is 9.53 Å². The minimum absolute atomic E-state index is 0.268. The summed E-state index contributed by atoms with van der Waals surface area (Å²) in [6, 6.07) is 0. The van der Waals surface area contributed by atoms with E-state index < -0.39 is 5.60 Å². The first kappa shape index (κ1) is 18.9. The van der Waals surface area contributed by atoms with Crippen LogP contribution in [0.3, 0.4) is 0 Å². The third-order valence-corrected chi connectivity index (χ3v) is 9.17. The Kier molecular flexibility index (Phi) is 5.01. The molecular weight excluding hydrogens is 324 g/mol. The molecule has 0 heterocycles. The standard InChI is InChI=1S/C23H38O3/c1-4-26-14-23(25)12-10-17-16(13-23)5-6-19-18(17)9-11-22(3)20(15(2)24)7-8-21(19)22/h16-21,25H,4-14H2,1-3H3. The molecule has 0 bridgehead atoms. The molecule has 3 nitrogen and oxygen atoms in total. The van der Waals surface area contributed by atoms with E-state index in [9.17, 15) is 9.90 Å². The fraction of sp³-hybridized carbons (Fsp3) is 0.957. The third-order valence-electron chi connectivity index (χ3n) is 9.17. The van der Waals surface area contributed by atoms with Gasteiger partial charge in [-0.05, 0) is 107 Å². The van der Waals surface area contributed by atoms with Crippen molar-refractivity contribution in [3.05, 3.63) is 0 Å². The van der Waals surface area contributed by atoms with E-state index in [1.165, 1.54) is 38.5 Å². The van der Waals surface area contributed by atoms with E-state index in [0.717, 1.165) is 42.9 Å². The number of hydrogen-bond acceptors (Lipinski definition) is 3. The van der Waals surface area contributed by atoms with Crippen LogP contribution < -0.4 is 0 Å². The molecule has 4 aliphatic carbocycles. The van der Waals surface area contributed by atoms with Gasteiger partial charge in [0.1, 0.15) is 5.78 Å². The average molecular weight is 363 g/mol. The summed E-state index contributed by atoms with van der Waals surface area (Å²) in [5, 5.41) is 11.0. The molecule has 4 fully saturated rings. The van der Waals surface area contributed by atoms with Gasteiger partial charge in [-0.25, -0.2) is 0 Å². The zero-order chi connectivity index (χ0) is 18.5. The highest BCUT2D eigenvalue weighted by atomic mass is 16.5.